The van der Waals surface area contributed by atoms with Crippen LogP contribution < -0.4 is 5.06 Å². The number of anilines is 1. The first-order chi connectivity index (χ1) is 17.6. The minimum Gasteiger partial charge on any atom is -0.460 e. The zero-order valence-corrected chi connectivity index (χ0v) is 19.5. The Morgan fingerprint density at radius 1 is 0.861 bits per heavy atom. The van der Waals surface area contributed by atoms with Crippen molar-refractivity contribution in [2.45, 2.75) is 12.1 Å². The number of hydrogen-bond donors (Lipinski definition) is 0. The number of carbonyl (C=O) groups excluding carboxylic acids is 2. The number of nitrogens with zero attached hydrogens (tertiary/aromatic N) is 3. The second-order valence-electron chi connectivity index (χ2n) is 8.44. The average Bonchev–Trinajstić information content (AvgIpc) is 3.34. The third-order valence-electron chi connectivity index (χ3n) is 6.44. The lowest BCUT2D eigenvalue weighted by Crippen LogP contribution is -2.37. The van der Waals surface area contributed by atoms with Crippen LogP contribution in [0.5, 0.6) is 0 Å². The van der Waals surface area contributed by atoms with E-state index in [9.17, 15) is 15.1 Å². The predicted molar refractivity (Wildman–Crippen MR) is 135 cm³/mol. The number of para-hydroxylation sites is 1. The number of carbonyl (C=O) groups is 2. The lowest BCUT2D eigenvalue weighted by molar-refractivity contribution is -0.140. The fourth-order valence-electron chi connectivity index (χ4n) is 4.83. The molecule has 7 heteroatoms. The van der Waals surface area contributed by atoms with Crippen LogP contribution >= 0.6 is 0 Å². The van der Waals surface area contributed by atoms with Gasteiger partial charge in [-0.25, -0.2) is 9.86 Å². The van der Waals surface area contributed by atoms with E-state index in [2.05, 4.69) is 4.79 Å². The Labute approximate surface area is 208 Å². The van der Waals surface area contributed by atoms with Gasteiger partial charge in [-0.2, -0.15) is 4.79 Å². The molecule has 0 bridgehead atoms. The zero-order valence-electron chi connectivity index (χ0n) is 19.5. The normalized spacial score (nSPS) is 19.0. The van der Waals surface area contributed by atoms with Gasteiger partial charge in [0.05, 0.1) is 24.8 Å². The summed E-state index contributed by atoms with van der Waals surface area (Å²) < 4.78 is 4.74. The number of ketones is 1. The van der Waals surface area contributed by atoms with E-state index in [0.29, 0.717) is 0 Å². The van der Waals surface area contributed by atoms with Gasteiger partial charge in [-0.05, 0) is 34.0 Å². The molecule has 0 spiro atoms. The van der Waals surface area contributed by atoms with Crippen LogP contribution in [0.15, 0.2) is 103 Å². The molecule has 1 fully saturated rings. The van der Waals surface area contributed by atoms with Gasteiger partial charge in [-0.15, -0.1) is 0 Å². The van der Waals surface area contributed by atoms with E-state index in [1.807, 2.05) is 103 Å². The van der Waals surface area contributed by atoms with E-state index in [0.717, 1.165) is 34.7 Å². The first kappa shape index (κ1) is 23.2. The molecule has 1 aliphatic rings. The zero-order chi connectivity index (χ0) is 25.1. The number of esters is 1. The molecule has 0 aliphatic carbocycles. The summed E-state index contributed by atoms with van der Waals surface area (Å²) in [5.74, 6) is -2.61. The number of benzene rings is 4. The molecule has 0 saturated carbocycles. The quantitative estimate of drug-likeness (QED) is 0.127. The van der Waals surface area contributed by atoms with E-state index < -0.39 is 35.5 Å². The van der Waals surface area contributed by atoms with Crippen molar-refractivity contribution < 1.29 is 24.0 Å². The highest BCUT2D eigenvalue weighted by atomic mass is 16.7. The summed E-state index contributed by atoms with van der Waals surface area (Å²) in [5.41, 5.74) is 11.3. The SMILES string of the molecule is COC(=O)C(=[N+]=[N-])C(=O)[C@@H]1[C@@H](c2ccccc2)ON(c2ccccc2)[C@H]1c1cccc2ccccc12. The van der Waals surface area contributed by atoms with Gasteiger partial charge >= 0.3 is 11.7 Å². The Hall–Kier alpha value is -4.58. The molecule has 0 unspecified atom stereocenters. The monoisotopic (exact) mass is 477 g/mol. The second kappa shape index (κ2) is 9.96. The minimum atomic E-state index is -1.01. The molecule has 5 rings (SSSR count). The number of Topliss-reactive ketones (excluding diaryl/α,β-unsaturated/α-hetero) is 1. The predicted octanol–water partition coefficient (Wildman–Crippen LogP) is 5.10. The molecule has 178 valence electrons. The molecule has 0 amide bonds. The molecule has 0 aromatic heterocycles. The van der Waals surface area contributed by atoms with Crippen molar-refractivity contribution in [2.75, 3.05) is 12.2 Å². The van der Waals surface area contributed by atoms with Gasteiger partial charge in [0.1, 0.15) is 6.10 Å². The Kier molecular flexibility index (Phi) is 6.41. The van der Waals surface area contributed by atoms with Crippen LogP contribution in [-0.4, -0.2) is 29.4 Å². The van der Waals surface area contributed by atoms with Crippen LogP contribution in [0.25, 0.3) is 16.3 Å². The van der Waals surface area contributed by atoms with E-state index in [1.54, 1.807) is 5.06 Å². The van der Waals surface area contributed by atoms with Gasteiger partial charge in [0.25, 0.3) is 5.78 Å². The fraction of sp³-hybridized carbons (Fsp3) is 0.138. The van der Waals surface area contributed by atoms with Crippen molar-refractivity contribution in [3.63, 3.8) is 0 Å². The number of hydrogen-bond acceptors (Lipinski definition) is 5. The first-order valence-corrected chi connectivity index (χ1v) is 11.5. The number of ether oxygens (including phenoxy) is 1. The number of methoxy groups -OCH3 is 1. The van der Waals surface area contributed by atoms with Crippen LogP contribution in [0.2, 0.25) is 0 Å². The summed E-state index contributed by atoms with van der Waals surface area (Å²) in [4.78, 5) is 35.9. The lowest BCUT2D eigenvalue weighted by Gasteiger charge is -2.27. The van der Waals surface area contributed by atoms with E-state index >= 15 is 0 Å². The molecule has 0 N–H and O–H groups in total. The van der Waals surface area contributed by atoms with Crippen molar-refractivity contribution in [1.82, 2.24) is 0 Å². The van der Waals surface area contributed by atoms with Gasteiger partial charge in [-0.1, -0.05) is 91.0 Å². The summed E-state index contributed by atoms with van der Waals surface area (Å²) in [5, 5.41) is 3.66. The van der Waals surface area contributed by atoms with Crippen molar-refractivity contribution in [3.8, 4) is 0 Å². The molecule has 1 aliphatic heterocycles. The molecule has 4 aromatic rings. The van der Waals surface area contributed by atoms with Crippen molar-refractivity contribution >= 4 is 33.9 Å². The molecule has 0 radical (unpaired) electrons. The fourth-order valence-corrected chi connectivity index (χ4v) is 4.83. The molecule has 1 heterocycles. The number of rotatable bonds is 6. The van der Waals surface area contributed by atoms with Crippen LogP contribution in [0.4, 0.5) is 5.69 Å². The van der Waals surface area contributed by atoms with Gasteiger partial charge in [0.15, 0.2) is 0 Å². The van der Waals surface area contributed by atoms with Crippen molar-refractivity contribution in [1.29, 1.82) is 0 Å². The Balaban J connectivity index is 1.76. The van der Waals surface area contributed by atoms with Gasteiger partial charge in [-0.3, -0.25) is 9.63 Å². The Bertz CT molecular complexity index is 1460. The lowest BCUT2D eigenvalue weighted by atomic mass is 9.80. The van der Waals surface area contributed by atoms with Crippen molar-refractivity contribution in [3.05, 3.63) is 120 Å². The molecule has 3 atom stereocenters. The number of fused-ring (bicyclic) bond motifs is 1. The highest BCUT2D eigenvalue weighted by molar-refractivity contribution is 6.62. The highest BCUT2D eigenvalue weighted by Crippen LogP contribution is 2.50. The first-order valence-electron chi connectivity index (χ1n) is 11.5. The second-order valence-corrected chi connectivity index (χ2v) is 8.44. The maximum atomic E-state index is 14.0. The van der Waals surface area contributed by atoms with Gasteiger partial charge in [0, 0.05) is 0 Å². The van der Waals surface area contributed by atoms with Gasteiger partial charge < -0.3 is 10.3 Å². The summed E-state index contributed by atoms with van der Waals surface area (Å²) in [6.45, 7) is 0. The van der Waals surface area contributed by atoms with Crippen LogP contribution in [-0.2, 0) is 19.2 Å². The van der Waals surface area contributed by atoms with Crippen LogP contribution in [0, 0.1) is 5.92 Å². The third-order valence-corrected chi connectivity index (χ3v) is 6.44. The molecule has 1 saturated heterocycles. The summed E-state index contributed by atoms with van der Waals surface area (Å²) in [6, 6.07) is 31.9. The minimum absolute atomic E-state index is 0.641. The topological polar surface area (TPSA) is 92.2 Å². The standard InChI is InChI=1S/C29H23N3O4/c1-35-29(34)25(31-30)27(33)24-26(23-18-10-14-19-11-8-9-17-22(19)23)32(21-15-6-3-7-16-21)36-28(24)20-12-4-2-5-13-20/h2-18,24,26,28H,1H3/t24-,26+,28-/m1/s1. The summed E-state index contributed by atoms with van der Waals surface area (Å²) in [6.07, 6.45) is -0.760. The average molecular weight is 478 g/mol. The largest absolute Gasteiger partial charge is 0.460 e. The highest BCUT2D eigenvalue weighted by Gasteiger charge is 2.54. The van der Waals surface area contributed by atoms with Crippen LogP contribution in [0.1, 0.15) is 23.3 Å². The van der Waals surface area contributed by atoms with Crippen molar-refractivity contribution in [2.24, 2.45) is 5.92 Å². The summed E-state index contributed by atoms with van der Waals surface area (Å²) >= 11 is 0. The molecule has 36 heavy (non-hydrogen) atoms. The molecular weight excluding hydrogens is 454 g/mol. The molecular formula is C29H23N3O4. The third kappa shape index (κ3) is 4.07. The van der Waals surface area contributed by atoms with E-state index in [-0.39, 0.29) is 0 Å². The van der Waals surface area contributed by atoms with Crippen LogP contribution in [0.3, 0.4) is 0 Å². The smallest absolute Gasteiger partial charge is 0.441 e. The van der Waals surface area contributed by atoms with Gasteiger partial charge in [0.2, 0.25) is 0 Å². The van der Waals surface area contributed by atoms with E-state index in [4.69, 9.17) is 9.57 Å². The Morgan fingerprint density at radius 2 is 1.50 bits per heavy atom. The molecule has 4 aromatic carbocycles. The maximum Gasteiger partial charge on any atom is 0.441 e. The summed E-state index contributed by atoms with van der Waals surface area (Å²) in [7, 11) is 1.14. The number of hydroxylamine groups is 1. The maximum absolute atomic E-state index is 14.0. The molecule has 7 nitrogen and oxygen atoms in total. The van der Waals surface area contributed by atoms with E-state index in [1.165, 1.54) is 0 Å². The Morgan fingerprint density at radius 3 is 2.19 bits per heavy atom.